The van der Waals surface area contributed by atoms with Gasteiger partial charge in [0, 0.05) is 16.1 Å². The zero-order valence-electron chi connectivity index (χ0n) is 8.85. The van der Waals surface area contributed by atoms with Crippen LogP contribution in [0.15, 0.2) is 16.6 Å². The third kappa shape index (κ3) is 2.28. The van der Waals surface area contributed by atoms with E-state index in [0.29, 0.717) is 4.47 Å². The van der Waals surface area contributed by atoms with E-state index < -0.39 is 17.7 Å². The van der Waals surface area contributed by atoms with Crippen LogP contribution >= 0.6 is 15.9 Å². The van der Waals surface area contributed by atoms with Gasteiger partial charge in [-0.3, -0.25) is 0 Å². The quantitative estimate of drug-likeness (QED) is 0.877. The van der Waals surface area contributed by atoms with Crippen LogP contribution < -0.4 is 5.73 Å². The van der Waals surface area contributed by atoms with E-state index in [0.717, 1.165) is 25.7 Å². The normalized spacial score (nSPS) is 19.0. The molecule has 16 heavy (non-hydrogen) atoms. The Hall–Kier alpha value is -0.480. The van der Waals surface area contributed by atoms with Gasteiger partial charge >= 0.3 is 0 Å². The molecule has 0 aromatic heterocycles. The summed E-state index contributed by atoms with van der Waals surface area (Å²) in [7, 11) is 0. The number of halogens is 3. The molecule has 1 aliphatic rings. The van der Waals surface area contributed by atoms with E-state index in [1.54, 1.807) is 0 Å². The van der Waals surface area contributed by atoms with Crippen LogP contribution in [0.4, 0.5) is 8.78 Å². The van der Waals surface area contributed by atoms with Gasteiger partial charge in [0.05, 0.1) is 0 Å². The van der Waals surface area contributed by atoms with Gasteiger partial charge in [-0.2, -0.15) is 0 Å². The predicted octanol–water partition coefficient (Wildman–Crippen LogP) is 3.92. The van der Waals surface area contributed by atoms with Crippen molar-refractivity contribution >= 4 is 15.9 Å². The summed E-state index contributed by atoms with van der Waals surface area (Å²) < 4.78 is 27.7. The van der Waals surface area contributed by atoms with E-state index in [2.05, 4.69) is 15.9 Å². The lowest BCUT2D eigenvalue weighted by Crippen LogP contribution is -2.21. The molecule has 1 saturated carbocycles. The molecule has 1 aliphatic carbocycles. The van der Waals surface area contributed by atoms with Crippen LogP contribution in [0.25, 0.3) is 0 Å². The lowest BCUT2D eigenvalue weighted by Gasteiger charge is -2.20. The van der Waals surface area contributed by atoms with Crippen molar-refractivity contribution in [1.82, 2.24) is 0 Å². The van der Waals surface area contributed by atoms with E-state index in [9.17, 15) is 8.78 Å². The van der Waals surface area contributed by atoms with Crippen molar-refractivity contribution in [3.8, 4) is 0 Å². The van der Waals surface area contributed by atoms with Crippen LogP contribution in [-0.2, 0) is 0 Å². The standard InChI is InChI=1S/C12H14BrF2N/c13-8-5-9(14)11(10(15)6-8)12(16)7-3-1-2-4-7/h5-7,12H,1-4,16H2/t12-/m0/s1. The van der Waals surface area contributed by atoms with Gasteiger partial charge in [-0.05, 0) is 30.9 Å². The minimum absolute atomic E-state index is 0.0371. The Morgan fingerprint density at radius 3 is 2.19 bits per heavy atom. The molecule has 0 heterocycles. The minimum atomic E-state index is -0.550. The highest BCUT2D eigenvalue weighted by Gasteiger charge is 2.27. The summed E-state index contributed by atoms with van der Waals surface area (Å²) in [4.78, 5) is 0. The molecule has 0 amide bonds. The monoisotopic (exact) mass is 289 g/mol. The molecule has 2 rings (SSSR count). The average molecular weight is 290 g/mol. The summed E-state index contributed by atoms with van der Waals surface area (Å²) in [5, 5.41) is 0. The highest BCUT2D eigenvalue weighted by Crippen LogP contribution is 2.36. The summed E-state index contributed by atoms with van der Waals surface area (Å²) >= 11 is 3.06. The van der Waals surface area contributed by atoms with Crippen LogP contribution in [-0.4, -0.2) is 0 Å². The zero-order valence-corrected chi connectivity index (χ0v) is 10.4. The van der Waals surface area contributed by atoms with Crippen LogP contribution in [0.5, 0.6) is 0 Å². The van der Waals surface area contributed by atoms with E-state index in [4.69, 9.17) is 5.73 Å². The molecule has 0 saturated heterocycles. The zero-order chi connectivity index (χ0) is 11.7. The number of hydrogen-bond acceptors (Lipinski definition) is 1. The van der Waals surface area contributed by atoms with E-state index >= 15 is 0 Å². The maximum absolute atomic E-state index is 13.7. The molecule has 0 aliphatic heterocycles. The first-order chi connectivity index (χ1) is 7.59. The van der Waals surface area contributed by atoms with Gasteiger partial charge in [-0.25, -0.2) is 8.78 Å². The van der Waals surface area contributed by atoms with Gasteiger partial charge in [0.1, 0.15) is 11.6 Å². The Morgan fingerprint density at radius 1 is 1.19 bits per heavy atom. The van der Waals surface area contributed by atoms with Crippen molar-refractivity contribution in [3.63, 3.8) is 0 Å². The highest BCUT2D eigenvalue weighted by molar-refractivity contribution is 9.10. The fourth-order valence-electron chi connectivity index (χ4n) is 2.42. The molecule has 1 nitrogen and oxygen atoms in total. The van der Waals surface area contributed by atoms with Gasteiger partial charge < -0.3 is 5.73 Å². The van der Waals surface area contributed by atoms with Gasteiger partial charge in [0.25, 0.3) is 0 Å². The second kappa shape index (κ2) is 4.80. The molecule has 1 aromatic carbocycles. The fourth-order valence-corrected chi connectivity index (χ4v) is 2.83. The molecule has 2 N–H and O–H groups in total. The van der Waals surface area contributed by atoms with Crippen LogP contribution in [0, 0.1) is 17.6 Å². The SMILES string of the molecule is N[C@H](c1c(F)cc(Br)cc1F)C1CCCC1. The summed E-state index contributed by atoms with van der Waals surface area (Å²) in [5.41, 5.74) is 5.99. The average Bonchev–Trinajstić information content (AvgIpc) is 2.67. The van der Waals surface area contributed by atoms with Crippen LogP contribution in [0.1, 0.15) is 37.3 Å². The number of benzene rings is 1. The minimum Gasteiger partial charge on any atom is -0.324 e. The Bertz CT molecular complexity index is 366. The van der Waals surface area contributed by atoms with Crippen molar-refractivity contribution in [2.24, 2.45) is 11.7 Å². The summed E-state index contributed by atoms with van der Waals surface area (Å²) in [6.45, 7) is 0. The molecule has 1 fully saturated rings. The molecule has 1 atom stereocenters. The molecular formula is C12H14BrF2N. The fraction of sp³-hybridized carbons (Fsp3) is 0.500. The Balaban J connectivity index is 2.31. The van der Waals surface area contributed by atoms with E-state index in [1.165, 1.54) is 12.1 Å². The topological polar surface area (TPSA) is 26.0 Å². The first kappa shape index (κ1) is 12.0. The van der Waals surface area contributed by atoms with Crippen molar-refractivity contribution < 1.29 is 8.78 Å². The summed E-state index contributed by atoms with van der Waals surface area (Å²) in [6.07, 6.45) is 4.16. The smallest absolute Gasteiger partial charge is 0.132 e. The highest BCUT2D eigenvalue weighted by atomic mass is 79.9. The first-order valence-corrected chi connectivity index (χ1v) is 6.29. The Morgan fingerprint density at radius 2 is 1.69 bits per heavy atom. The van der Waals surface area contributed by atoms with Crippen molar-refractivity contribution in [1.29, 1.82) is 0 Å². The molecule has 1 aromatic rings. The second-order valence-electron chi connectivity index (χ2n) is 4.35. The molecule has 4 heteroatoms. The number of rotatable bonds is 2. The maximum Gasteiger partial charge on any atom is 0.132 e. The largest absolute Gasteiger partial charge is 0.324 e. The molecule has 0 spiro atoms. The summed E-state index contributed by atoms with van der Waals surface area (Å²) in [5.74, 6) is -0.886. The summed E-state index contributed by atoms with van der Waals surface area (Å²) in [6, 6.07) is 2.02. The molecular weight excluding hydrogens is 276 g/mol. The van der Waals surface area contributed by atoms with Crippen molar-refractivity contribution in [3.05, 3.63) is 33.8 Å². The Labute approximate surface area is 102 Å². The van der Waals surface area contributed by atoms with E-state index in [1.807, 2.05) is 0 Å². The van der Waals surface area contributed by atoms with Gasteiger partial charge in [0.2, 0.25) is 0 Å². The number of hydrogen-bond donors (Lipinski definition) is 1. The van der Waals surface area contributed by atoms with E-state index in [-0.39, 0.29) is 11.5 Å². The van der Waals surface area contributed by atoms with Crippen molar-refractivity contribution in [2.75, 3.05) is 0 Å². The molecule has 88 valence electrons. The van der Waals surface area contributed by atoms with Crippen molar-refractivity contribution in [2.45, 2.75) is 31.7 Å². The van der Waals surface area contributed by atoms with Gasteiger partial charge in [-0.15, -0.1) is 0 Å². The predicted molar refractivity (Wildman–Crippen MR) is 62.9 cm³/mol. The Kier molecular flexibility index (Phi) is 3.60. The molecule has 0 bridgehead atoms. The second-order valence-corrected chi connectivity index (χ2v) is 5.27. The van der Waals surface area contributed by atoms with Crippen LogP contribution in [0.3, 0.4) is 0 Å². The lowest BCUT2D eigenvalue weighted by molar-refractivity contribution is 0.410. The number of nitrogens with two attached hydrogens (primary N) is 1. The first-order valence-electron chi connectivity index (χ1n) is 5.49. The van der Waals surface area contributed by atoms with Gasteiger partial charge in [0.15, 0.2) is 0 Å². The van der Waals surface area contributed by atoms with Gasteiger partial charge in [-0.1, -0.05) is 28.8 Å². The maximum atomic E-state index is 13.7. The third-order valence-corrected chi connectivity index (χ3v) is 3.74. The van der Waals surface area contributed by atoms with Crippen LogP contribution in [0.2, 0.25) is 0 Å². The third-order valence-electron chi connectivity index (χ3n) is 3.28. The molecule has 0 radical (unpaired) electrons. The molecule has 0 unspecified atom stereocenters. The lowest BCUT2D eigenvalue weighted by atomic mass is 9.92.